The Balaban J connectivity index is 1.97. The van der Waals surface area contributed by atoms with Crippen LogP contribution in [0.2, 0.25) is 0 Å². The molecule has 0 spiro atoms. The number of hydrogen-bond acceptors (Lipinski definition) is 2. The third kappa shape index (κ3) is 3.08. The average molecular weight is 349 g/mol. The Hall–Kier alpha value is -2.44. The lowest BCUT2D eigenvalue weighted by atomic mass is 9.95. The molecule has 0 aliphatic heterocycles. The Morgan fingerprint density at radius 2 is 1.73 bits per heavy atom. The van der Waals surface area contributed by atoms with Crippen molar-refractivity contribution >= 4 is 15.9 Å². The fourth-order valence-electron chi connectivity index (χ4n) is 2.45. The van der Waals surface area contributed by atoms with E-state index in [1.54, 1.807) is 6.20 Å². The predicted molar refractivity (Wildman–Crippen MR) is 91.3 cm³/mol. The summed E-state index contributed by atoms with van der Waals surface area (Å²) in [7, 11) is 0. The minimum absolute atomic E-state index is 0.417. The molecule has 1 heterocycles. The van der Waals surface area contributed by atoms with E-state index in [1.165, 1.54) is 16.7 Å². The molecular formula is C19H13BrN2. The molecule has 3 aromatic rings. The maximum atomic E-state index is 8.95. The van der Waals surface area contributed by atoms with Gasteiger partial charge in [0.1, 0.15) is 6.07 Å². The van der Waals surface area contributed by atoms with Crippen LogP contribution < -0.4 is 0 Å². The van der Waals surface area contributed by atoms with E-state index < -0.39 is 0 Å². The molecule has 3 heteroatoms. The monoisotopic (exact) mass is 348 g/mol. The summed E-state index contributed by atoms with van der Waals surface area (Å²) in [5, 5.41) is 8.95. The van der Waals surface area contributed by atoms with E-state index in [4.69, 9.17) is 5.26 Å². The maximum Gasteiger partial charge on any atom is 0.154 e. The van der Waals surface area contributed by atoms with Crippen LogP contribution in [0.3, 0.4) is 0 Å². The molecule has 0 fully saturated rings. The first kappa shape index (κ1) is 14.5. The molecule has 2 aromatic carbocycles. The minimum Gasteiger partial charge on any atom is -0.244 e. The number of nitrogens with zero attached hydrogens (tertiary/aromatic N) is 2. The van der Waals surface area contributed by atoms with Crippen molar-refractivity contribution in [2.45, 2.75) is 6.42 Å². The van der Waals surface area contributed by atoms with Crippen molar-refractivity contribution in [3.8, 4) is 17.2 Å². The summed E-state index contributed by atoms with van der Waals surface area (Å²) in [5.74, 6) is 0. The molecule has 3 rings (SSSR count). The summed E-state index contributed by atoms with van der Waals surface area (Å²) < 4.78 is 0.740. The van der Waals surface area contributed by atoms with Crippen molar-refractivity contribution in [2.75, 3.05) is 0 Å². The second-order valence-electron chi connectivity index (χ2n) is 4.99. The molecule has 0 saturated carbocycles. The van der Waals surface area contributed by atoms with Gasteiger partial charge in [0.25, 0.3) is 0 Å². The van der Waals surface area contributed by atoms with Crippen molar-refractivity contribution in [2.24, 2.45) is 0 Å². The largest absolute Gasteiger partial charge is 0.244 e. The van der Waals surface area contributed by atoms with E-state index in [9.17, 15) is 0 Å². The predicted octanol–water partition coefficient (Wildman–Crippen LogP) is 4.97. The Morgan fingerprint density at radius 3 is 2.45 bits per heavy atom. The number of rotatable bonds is 3. The Bertz CT molecular complexity index is 836. The van der Waals surface area contributed by atoms with Gasteiger partial charge in [-0.15, -0.1) is 0 Å². The molecule has 22 heavy (non-hydrogen) atoms. The van der Waals surface area contributed by atoms with Gasteiger partial charge >= 0.3 is 0 Å². The lowest BCUT2D eigenvalue weighted by Gasteiger charge is -2.10. The van der Waals surface area contributed by atoms with E-state index in [0.717, 1.165) is 16.5 Å². The van der Waals surface area contributed by atoms with Gasteiger partial charge in [0.2, 0.25) is 0 Å². The molecule has 106 valence electrons. The van der Waals surface area contributed by atoms with Gasteiger partial charge in [0, 0.05) is 6.20 Å². The lowest BCUT2D eigenvalue weighted by molar-refractivity contribution is 1.12. The highest BCUT2D eigenvalue weighted by atomic mass is 79.9. The average Bonchev–Trinajstić information content (AvgIpc) is 2.56. The lowest BCUT2D eigenvalue weighted by Crippen LogP contribution is -1.95. The molecule has 1 aromatic heterocycles. The second kappa shape index (κ2) is 6.55. The molecule has 0 bridgehead atoms. The zero-order chi connectivity index (χ0) is 15.4. The molecular weight excluding hydrogens is 336 g/mol. The smallest absolute Gasteiger partial charge is 0.154 e. The molecule has 0 atom stereocenters. The molecule has 0 radical (unpaired) electrons. The minimum atomic E-state index is 0.417. The first-order chi connectivity index (χ1) is 10.8. The Morgan fingerprint density at radius 1 is 1.00 bits per heavy atom. The zero-order valence-corrected chi connectivity index (χ0v) is 13.4. The number of hydrogen-bond donors (Lipinski definition) is 0. The molecule has 0 aliphatic rings. The molecule has 0 N–H and O–H groups in total. The summed E-state index contributed by atoms with van der Waals surface area (Å²) in [6.45, 7) is 0. The van der Waals surface area contributed by atoms with Gasteiger partial charge in [-0.3, -0.25) is 0 Å². The van der Waals surface area contributed by atoms with Gasteiger partial charge in [0.15, 0.2) is 5.69 Å². The van der Waals surface area contributed by atoms with Crippen LogP contribution in [0.4, 0.5) is 0 Å². The molecule has 0 amide bonds. The highest BCUT2D eigenvalue weighted by Crippen LogP contribution is 2.26. The zero-order valence-electron chi connectivity index (χ0n) is 11.8. The van der Waals surface area contributed by atoms with Crippen LogP contribution >= 0.6 is 15.9 Å². The molecule has 0 saturated heterocycles. The van der Waals surface area contributed by atoms with Crippen molar-refractivity contribution in [3.63, 3.8) is 0 Å². The topological polar surface area (TPSA) is 36.7 Å². The van der Waals surface area contributed by atoms with Gasteiger partial charge < -0.3 is 0 Å². The summed E-state index contributed by atoms with van der Waals surface area (Å²) >= 11 is 3.40. The number of pyridine rings is 1. The number of aromatic nitrogens is 1. The summed E-state index contributed by atoms with van der Waals surface area (Å²) in [6, 6.07) is 22.8. The molecule has 0 aliphatic carbocycles. The van der Waals surface area contributed by atoms with E-state index >= 15 is 0 Å². The summed E-state index contributed by atoms with van der Waals surface area (Å²) in [5.41, 5.74) is 5.17. The fourth-order valence-corrected chi connectivity index (χ4v) is 2.94. The maximum absolute atomic E-state index is 8.95. The van der Waals surface area contributed by atoms with Crippen LogP contribution in [0.1, 0.15) is 16.8 Å². The van der Waals surface area contributed by atoms with E-state index in [1.807, 2.05) is 30.3 Å². The molecule has 0 unspecified atom stereocenters. The van der Waals surface area contributed by atoms with Crippen LogP contribution in [0.25, 0.3) is 11.1 Å². The SMILES string of the molecule is N#Cc1ncc(Cc2ccccc2-c2ccccc2)cc1Br. The van der Waals surface area contributed by atoms with Gasteiger partial charge in [0.05, 0.1) is 4.47 Å². The fraction of sp³-hybridized carbons (Fsp3) is 0.0526. The van der Waals surface area contributed by atoms with E-state index in [2.05, 4.69) is 57.3 Å². The van der Waals surface area contributed by atoms with E-state index in [-0.39, 0.29) is 0 Å². The number of benzene rings is 2. The van der Waals surface area contributed by atoms with Crippen molar-refractivity contribution in [3.05, 3.63) is 88.2 Å². The number of nitriles is 1. The van der Waals surface area contributed by atoms with Gasteiger partial charge in [-0.2, -0.15) is 5.26 Å². The standard InChI is InChI=1S/C19H13BrN2/c20-18-11-14(13-22-19(18)12-21)10-16-8-4-5-9-17(16)15-6-2-1-3-7-15/h1-9,11,13H,10H2. The van der Waals surface area contributed by atoms with Crippen LogP contribution in [0, 0.1) is 11.3 Å². The molecule has 2 nitrogen and oxygen atoms in total. The quantitative estimate of drug-likeness (QED) is 0.669. The van der Waals surface area contributed by atoms with Gasteiger partial charge in [-0.25, -0.2) is 4.98 Å². The van der Waals surface area contributed by atoms with Gasteiger partial charge in [-0.05, 0) is 50.7 Å². The number of halogens is 1. The third-order valence-electron chi connectivity index (χ3n) is 3.50. The van der Waals surface area contributed by atoms with Crippen molar-refractivity contribution in [1.29, 1.82) is 5.26 Å². The second-order valence-corrected chi connectivity index (χ2v) is 5.84. The summed E-state index contributed by atoms with van der Waals surface area (Å²) in [6.07, 6.45) is 2.55. The first-order valence-corrected chi connectivity index (χ1v) is 7.75. The Labute approximate surface area is 138 Å². The van der Waals surface area contributed by atoms with Gasteiger partial charge in [-0.1, -0.05) is 54.6 Å². The third-order valence-corrected chi connectivity index (χ3v) is 4.10. The first-order valence-electron chi connectivity index (χ1n) is 6.96. The normalized spacial score (nSPS) is 10.2. The highest BCUT2D eigenvalue weighted by molar-refractivity contribution is 9.10. The summed E-state index contributed by atoms with van der Waals surface area (Å²) in [4.78, 5) is 4.19. The van der Waals surface area contributed by atoms with Crippen LogP contribution in [0.15, 0.2) is 71.3 Å². The Kier molecular flexibility index (Phi) is 4.32. The highest BCUT2D eigenvalue weighted by Gasteiger charge is 2.07. The van der Waals surface area contributed by atoms with Crippen molar-refractivity contribution < 1.29 is 0 Å². The van der Waals surface area contributed by atoms with Crippen LogP contribution in [-0.4, -0.2) is 4.98 Å². The van der Waals surface area contributed by atoms with Crippen LogP contribution in [-0.2, 0) is 6.42 Å². The van der Waals surface area contributed by atoms with Crippen molar-refractivity contribution in [1.82, 2.24) is 4.98 Å². The van der Waals surface area contributed by atoms with E-state index in [0.29, 0.717) is 5.69 Å². The van der Waals surface area contributed by atoms with Crippen LogP contribution in [0.5, 0.6) is 0 Å².